The fourth-order valence-electron chi connectivity index (χ4n) is 10.7. The molecule has 4 aromatic rings. The molecule has 17 nitrogen and oxygen atoms in total. The highest BCUT2D eigenvalue weighted by Crippen LogP contribution is 2.49. The van der Waals surface area contributed by atoms with Crippen molar-refractivity contribution in [2.75, 3.05) is 73.4 Å². The van der Waals surface area contributed by atoms with Gasteiger partial charge in [0, 0.05) is 57.8 Å². The van der Waals surface area contributed by atoms with Crippen LogP contribution in [0.2, 0.25) is 0 Å². The zero-order valence-corrected chi connectivity index (χ0v) is 37.5. The van der Waals surface area contributed by atoms with E-state index in [0.29, 0.717) is 34.9 Å². The number of fused-ring (bicyclic) bond motifs is 2. The largest absolute Gasteiger partial charge is 0.495 e. The fourth-order valence-corrected chi connectivity index (χ4v) is 10.7. The van der Waals surface area contributed by atoms with Gasteiger partial charge >= 0.3 is 11.6 Å². The highest BCUT2D eigenvalue weighted by atomic mass is 19.3. The number of nitrogens with one attached hydrogen (secondary N) is 3. The van der Waals surface area contributed by atoms with Crippen LogP contribution in [-0.2, 0) is 21.4 Å². The number of piperidine rings is 3. The van der Waals surface area contributed by atoms with E-state index in [1.54, 1.807) is 48.2 Å². The topological polar surface area (TPSA) is 179 Å². The van der Waals surface area contributed by atoms with E-state index in [-0.39, 0.29) is 58.9 Å². The number of halogens is 2. The van der Waals surface area contributed by atoms with Crippen molar-refractivity contribution in [2.45, 2.75) is 89.3 Å². The first-order valence-electron chi connectivity index (χ1n) is 22.6. The first-order valence-corrected chi connectivity index (χ1v) is 22.6. The zero-order chi connectivity index (χ0) is 45.9. The molecule has 3 N–H and O–H groups in total. The molecule has 346 valence electrons. The van der Waals surface area contributed by atoms with E-state index in [9.17, 15) is 32.8 Å². The maximum atomic E-state index is 14.8. The van der Waals surface area contributed by atoms with Crippen molar-refractivity contribution in [3.05, 3.63) is 58.6 Å². The number of aromatic nitrogens is 4. The number of hydrogen-bond donors (Lipinski definition) is 3. The number of alkyl halides is 2. The molecule has 0 radical (unpaired) electrons. The molecule has 2 aromatic heterocycles. The Hall–Kier alpha value is -6.11. The quantitative estimate of drug-likeness (QED) is 0.189. The van der Waals surface area contributed by atoms with Gasteiger partial charge in [-0.25, -0.2) is 9.78 Å². The maximum absolute atomic E-state index is 14.8. The number of para-hydroxylation sites is 1. The van der Waals surface area contributed by atoms with Crippen LogP contribution in [0.1, 0.15) is 81.6 Å². The van der Waals surface area contributed by atoms with Crippen molar-refractivity contribution < 1.29 is 32.7 Å². The molecule has 65 heavy (non-hydrogen) atoms. The summed E-state index contributed by atoms with van der Waals surface area (Å²) >= 11 is 0. The summed E-state index contributed by atoms with van der Waals surface area (Å²) in [5.41, 5.74) is 3.58. The molecular weight excluding hydrogens is 841 g/mol. The maximum Gasteiger partial charge on any atom is 0.342 e. The third kappa shape index (κ3) is 8.27. The number of amides is 4. The van der Waals surface area contributed by atoms with E-state index in [1.165, 1.54) is 25.3 Å². The van der Waals surface area contributed by atoms with Crippen molar-refractivity contribution in [3.63, 3.8) is 0 Å². The van der Waals surface area contributed by atoms with Gasteiger partial charge in [-0.15, -0.1) is 0 Å². The third-order valence-corrected chi connectivity index (χ3v) is 14.4. The van der Waals surface area contributed by atoms with Gasteiger partial charge in [0.15, 0.2) is 5.82 Å². The number of hydrogen-bond acceptors (Lipinski definition) is 12. The molecule has 1 atom stereocenters. The first-order chi connectivity index (χ1) is 31.0. The van der Waals surface area contributed by atoms with Crippen LogP contribution < -0.4 is 41.1 Å². The summed E-state index contributed by atoms with van der Waals surface area (Å²) in [6, 6.07) is 9.91. The number of benzene rings is 2. The van der Waals surface area contributed by atoms with Gasteiger partial charge in [0.25, 0.3) is 11.8 Å². The molecule has 4 amide bonds. The molecule has 1 aliphatic carbocycles. The average Bonchev–Trinajstić information content (AvgIpc) is 3.49. The molecule has 5 aliphatic rings. The summed E-state index contributed by atoms with van der Waals surface area (Å²) < 4.78 is 38.4. The summed E-state index contributed by atoms with van der Waals surface area (Å²) in [5, 5.41) is 8.71. The number of aryl methyl sites for hydroxylation is 1. The highest BCUT2D eigenvalue weighted by molar-refractivity contribution is 6.02. The summed E-state index contributed by atoms with van der Waals surface area (Å²) in [5.74, 6) is -4.59. The lowest BCUT2D eigenvalue weighted by atomic mass is 9.60. The van der Waals surface area contributed by atoms with Crippen LogP contribution in [0.15, 0.2) is 47.4 Å². The molecule has 6 heterocycles. The molecule has 2 aromatic carbocycles. The number of anilines is 5. The van der Waals surface area contributed by atoms with E-state index < -0.39 is 30.3 Å². The van der Waals surface area contributed by atoms with Gasteiger partial charge in [0.1, 0.15) is 17.5 Å². The van der Waals surface area contributed by atoms with Crippen LogP contribution in [0.3, 0.4) is 0 Å². The minimum Gasteiger partial charge on any atom is -0.495 e. The Morgan fingerprint density at radius 3 is 2.42 bits per heavy atom. The Labute approximate surface area is 375 Å². The number of nitrogens with zero attached hydrogens (tertiary/aromatic N) is 8. The van der Waals surface area contributed by atoms with E-state index in [2.05, 4.69) is 41.8 Å². The van der Waals surface area contributed by atoms with Gasteiger partial charge in [-0.1, -0.05) is 6.07 Å². The van der Waals surface area contributed by atoms with Crippen LogP contribution in [0.5, 0.6) is 5.75 Å². The lowest BCUT2D eigenvalue weighted by Gasteiger charge is -2.52. The molecule has 4 fully saturated rings. The van der Waals surface area contributed by atoms with Crippen molar-refractivity contribution >= 4 is 63.5 Å². The van der Waals surface area contributed by atoms with E-state index in [1.807, 2.05) is 12.1 Å². The van der Waals surface area contributed by atoms with E-state index in [0.717, 1.165) is 87.4 Å². The fraction of sp³-hybridized carbons (Fsp3) is 0.543. The second-order valence-corrected chi connectivity index (χ2v) is 18.9. The Morgan fingerprint density at radius 1 is 0.985 bits per heavy atom. The molecular formula is C46H57F2N11O6. The summed E-state index contributed by atoms with van der Waals surface area (Å²) in [7, 11) is 4.53. The Bertz CT molecular complexity index is 2590. The van der Waals surface area contributed by atoms with Gasteiger partial charge < -0.3 is 35.0 Å². The minimum atomic E-state index is -3.60. The van der Waals surface area contributed by atoms with Crippen molar-refractivity contribution in [3.8, 4) is 5.75 Å². The molecule has 1 unspecified atom stereocenters. The molecule has 1 spiro atoms. The van der Waals surface area contributed by atoms with E-state index >= 15 is 0 Å². The molecule has 0 bridgehead atoms. The predicted molar refractivity (Wildman–Crippen MR) is 241 cm³/mol. The minimum absolute atomic E-state index is 0.0846. The molecule has 9 rings (SSSR count). The molecule has 3 saturated heterocycles. The number of imide groups is 1. The van der Waals surface area contributed by atoms with Crippen molar-refractivity contribution in [2.24, 2.45) is 18.4 Å². The number of carbonyl (C=O) groups is 4. The average molecular weight is 898 g/mol. The number of ether oxygens (including phenoxy) is 1. The van der Waals surface area contributed by atoms with E-state index in [4.69, 9.17) is 4.74 Å². The predicted octanol–water partition coefficient (Wildman–Crippen LogP) is 4.58. The van der Waals surface area contributed by atoms with Gasteiger partial charge in [-0.3, -0.25) is 33.6 Å². The lowest BCUT2D eigenvalue weighted by molar-refractivity contribution is -0.140. The molecule has 1 saturated carbocycles. The first kappa shape index (κ1) is 44.1. The number of imidazole rings is 1. The van der Waals surface area contributed by atoms with Gasteiger partial charge in [0.2, 0.25) is 17.8 Å². The van der Waals surface area contributed by atoms with Crippen LogP contribution in [0.4, 0.5) is 37.6 Å². The number of methoxy groups -OCH3 is 1. The number of likely N-dealkylation sites (tertiary alicyclic amines) is 1. The second-order valence-electron chi connectivity index (χ2n) is 18.9. The Morgan fingerprint density at radius 2 is 1.72 bits per heavy atom. The van der Waals surface area contributed by atoms with Gasteiger partial charge in [-0.05, 0) is 114 Å². The van der Waals surface area contributed by atoms with Crippen molar-refractivity contribution in [1.29, 1.82) is 0 Å². The zero-order valence-electron chi connectivity index (χ0n) is 37.5. The van der Waals surface area contributed by atoms with Crippen LogP contribution in [0, 0.1) is 11.3 Å². The van der Waals surface area contributed by atoms with Gasteiger partial charge in [0.05, 0.1) is 42.3 Å². The Kier molecular flexibility index (Phi) is 11.6. The normalized spacial score (nSPS) is 21.6. The summed E-state index contributed by atoms with van der Waals surface area (Å²) in [6.07, 6.45) is 8.01. The van der Waals surface area contributed by atoms with Crippen LogP contribution in [-0.4, -0.2) is 119 Å². The summed E-state index contributed by atoms with van der Waals surface area (Å²) in [4.78, 5) is 80.1. The summed E-state index contributed by atoms with van der Waals surface area (Å²) in [6.45, 7) is 7.57. The second kappa shape index (κ2) is 17.0. The van der Waals surface area contributed by atoms with Gasteiger partial charge in [-0.2, -0.15) is 13.8 Å². The van der Waals surface area contributed by atoms with Crippen LogP contribution in [0.25, 0.3) is 11.0 Å². The monoisotopic (exact) mass is 897 g/mol. The standard InChI is InChI=1S/C46H57F2N11O6/c1-27(2)58-26-46(47,48)42(63)54(3)35-24-49-43(53-39(35)58)51-31-10-9-29(21-36(31)65-5)40(61)50-30-22-45(23-30)15-19-56(20-16-45)25-28-13-17-57(18-14-28)32-7-6-8-33-38(32)55(4)44(64)59(33)34-11-12-37(60)52-41(34)62/h6-10,21,24,27-28,30,34H,11-20,22-23,25-26H2,1-5H3,(H,50,61)(H,49,51,53)(H,52,60,62). The lowest BCUT2D eigenvalue weighted by Crippen LogP contribution is -2.55. The smallest absolute Gasteiger partial charge is 0.342 e. The van der Waals surface area contributed by atoms with Crippen LogP contribution >= 0.6 is 0 Å². The molecule has 4 aliphatic heterocycles. The molecule has 19 heteroatoms. The SMILES string of the molecule is COc1cc(C(=O)NC2CC3(CCN(CC4CCN(c5cccc6c5n(C)c(=O)n6C5CCC(=O)NC5=O)CC4)CC3)C2)ccc1Nc1ncc2c(n1)N(C(C)C)CC(F)(F)C(=O)N2C. The third-order valence-electron chi connectivity index (χ3n) is 14.4. The number of rotatable bonds is 10. The van der Waals surface area contributed by atoms with Crippen molar-refractivity contribution in [1.82, 2.24) is 34.6 Å². The Balaban J connectivity index is 0.754. The number of carbonyl (C=O) groups excluding carboxylic acids is 4. The highest BCUT2D eigenvalue weighted by Gasteiger charge is 2.48.